The number of aryl methyl sites for hydroxylation is 1. The van der Waals surface area contributed by atoms with E-state index in [0.717, 1.165) is 33.2 Å². The van der Waals surface area contributed by atoms with Gasteiger partial charge >= 0.3 is 0 Å². The van der Waals surface area contributed by atoms with Crippen LogP contribution >= 0.6 is 15.9 Å². The van der Waals surface area contributed by atoms with Gasteiger partial charge in [-0.25, -0.2) is 4.39 Å². The first kappa shape index (κ1) is 12.4. The first-order valence-corrected chi connectivity index (χ1v) is 6.90. The van der Waals surface area contributed by atoms with Crippen LogP contribution in [-0.4, -0.2) is 9.78 Å². The third kappa shape index (κ3) is 2.16. The Balaban J connectivity index is 2.16. The molecule has 19 heavy (non-hydrogen) atoms. The lowest BCUT2D eigenvalue weighted by atomic mass is 10.0. The Morgan fingerprint density at radius 1 is 1.16 bits per heavy atom. The van der Waals surface area contributed by atoms with Gasteiger partial charge in [-0.3, -0.25) is 4.68 Å². The van der Waals surface area contributed by atoms with E-state index in [0.29, 0.717) is 0 Å². The second kappa shape index (κ2) is 4.78. The number of hydrogen-bond acceptors (Lipinski definition) is 1. The highest BCUT2D eigenvalue weighted by atomic mass is 79.9. The summed E-state index contributed by atoms with van der Waals surface area (Å²) in [4.78, 5) is 0. The largest absolute Gasteiger partial charge is 0.258 e. The normalized spacial score (nSPS) is 11.1. The van der Waals surface area contributed by atoms with Crippen molar-refractivity contribution in [2.75, 3.05) is 0 Å². The number of fused-ring (bicyclic) bond motifs is 1. The summed E-state index contributed by atoms with van der Waals surface area (Å²) in [6, 6.07) is 12.6. The molecule has 0 unspecified atom stereocenters. The summed E-state index contributed by atoms with van der Waals surface area (Å²) < 4.78 is 16.1. The van der Waals surface area contributed by atoms with Crippen LogP contribution in [0, 0.1) is 5.82 Å². The summed E-state index contributed by atoms with van der Waals surface area (Å²) in [7, 11) is 0. The molecule has 3 rings (SSSR count). The zero-order valence-electron chi connectivity index (χ0n) is 10.4. The van der Waals surface area contributed by atoms with E-state index in [1.807, 2.05) is 35.9 Å². The Labute approximate surface area is 119 Å². The minimum absolute atomic E-state index is 0.224. The van der Waals surface area contributed by atoms with Crippen LogP contribution in [0.15, 0.2) is 47.1 Å². The maximum absolute atomic E-state index is 13.3. The molecule has 0 saturated heterocycles. The van der Waals surface area contributed by atoms with E-state index in [9.17, 15) is 4.39 Å². The van der Waals surface area contributed by atoms with Gasteiger partial charge in [0.15, 0.2) is 0 Å². The van der Waals surface area contributed by atoms with Crippen molar-refractivity contribution in [1.82, 2.24) is 9.78 Å². The van der Waals surface area contributed by atoms with Crippen molar-refractivity contribution in [3.8, 4) is 11.1 Å². The highest BCUT2D eigenvalue weighted by Gasteiger charge is 2.09. The van der Waals surface area contributed by atoms with Gasteiger partial charge in [0, 0.05) is 11.9 Å². The van der Waals surface area contributed by atoms with Crippen molar-refractivity contribution in [2.45, 2.75) is 13.5 Å². The third-order valence-corrected chi connectivity index (χ3v) is 3.97. The average Bonchev–Trinajstić information content (AvgIpc) is 2.75. The van der Waals surface area contributed by atoms with E-state index in [1.165, 1.54) is 12.1 Å². The molecule has 4 heteroatoms. The van der Waals surface area contributed by atoms with Crippen LogP contribution in [0.5, 0.6) is 0 Å². The van der Waals surface area contributed by atoms with E-state index in [2.05, 4.69) is 21.0 Å². The predicted molar refractivity (Wildman–Crippen MR) is 78.5 cm³/mol. The smallest absolute Gasteiger partial charge is 0.123 e. The molecule has 0 aliphatic carbocycles. The van der Waals surface area contributed by atoms with Crippen molar-refractivity contribution < 1.29 is 4.39 Å². The lowest BCUT2D eigenvalue weighted by Gasteiger charge is -2.01. The Bertz CT molecular complexity index is 749. The van der Waals surface area contributed by atoms with Crippen LogP contribution in [0.4, 0.5) is 4.39 Å². The molecular formula is C15H12BrFN2. The molecule has 3 aromatic rings. The Hall–Kier alpha value is -1.68. The quantitative estimate of drug-likeness (QED) is 0.674. The van der Waals surface area contributed by atoms with Crippen LogP contribution in [0.25, 0.3) is 22.0 Å². The van der Waals surface area contributed by atoms with Crippen LogP contribution in [0.1, 0.15) is 6.92 Å². The van der Waals surface area contributed by atoms with Gasteiger partial charge < -0.3 is 0 Å². The molecule has 1 heterocycles. The molecular weight excluding hydrogens is 307 g/mol. The molecule has 0 spiro atoms. The second-order valence-electron chi connectivity index (χ2n) is 4.35. The third-order valence-electron chi connectivity index (χ3n) is 3.13. The van der Waals surface area contributed by atoms with E-state index in [1.54, 1.807) is 6.07 Å². The summed E-state index contributed by atoms with van der Waals surface area (Å²) in [5.41, 5.74) is 2.75. The summed E-state index contributed by atoms with van der Waals surface area (Å²) in [6.45, 7) is 2.86. The monoisotopic (exact) mass is 318 g/mol. The molecule has 0 amide bonds. The topological polar surface area (TPSA) is 17.8 Å². The minimum atomic E-state index is -0.224. The maximum atomic E-state index is 13.3. The number of halogens is 2. The van der Waals surface area contributed by atoms with Crippen LogP contribution in [-0.2, 0) is 6.54 Å². The summed E-state index contributed by atoms with van der Waals surface area (Å²) in [5, 5.41) is 5.59. The minimum Gasteiger partial charge on any atom is -0.258 e. The molecule has 0 N–H and O–H groups in total. The number of nitrogens with zero attached hydrogens (tertiary/aromatic N) is 2. The van der Waals surface area contributed by atoms with Gasteiger partial charge in [0.05, 0.1) is 5.52 Å². The molecule has 0 aliphatic heterocycles. The summed E-state index contributed by atoms with van der Waals surface area (Å²) in [5.74, 6) is -0.224. The molecule has 0 atom stereocenters. The van der Waals surface area contributed by atoms with E-state index in [-0.39, 0.29) is 5.82 Å². The summed E-state index contributed by atoms with van der Waals surface area (Å²) in [6.07, 6.45) is 0. The molecule has 96 valence electrons. The van der Waals surface area contributed by atoms with Crippen molar-refractivity contribution in [2.24, 2.45) is 0 Å². The van der Waals surface area contributed by atoms with Gasteiger partial charge in [0.1, 0.15) is 10.4 Å². The number of rotatable bonds is 2. The molecule has 0 bridgehead atoms. The lowest BCUT2D eigenvalue weighted by molar-refractivity contribution is 0.628. The standard InChI is InChI=1S/C15H12BrFN2/c1-2-19-15(16)13-7-6-11(9-14(13)18-19)10-4-3-5-12(17)8-10/h3-9H,2H2,1H3. The predicted octanol–water partition coefficient (Wildman–Crippen LogP) is 4.62. The highest BCUT2D eigenvalue weighted by Crippen LogP contribution is 2.28. The van der Waals surface area contributed by atoms with Crippen molar-refractivity contribution in [3.63, 3.8) is 0 Å². The van der Waals surface area contributed by atoms with Gasteiger partial charge in [0.2, 0.25) is 0 Å². The van der Waals surface area contributed by atoms with Gasteiger partial charge in [0.25, 0.3) is 0 Å². The van der Waals surface area contributed by atoms with E-state index < -0.39 is 0 Å². The Kier molecular flexibility index (Phi) is 3.11. The first-order chi connectivity index (χ1) is 9.19. The van der Waals surface area contributed by atoms with E-state index in [4.69, 9.17) is 0 Å². The first-order valence-electron chi connectivity index (χ1n) is 6.11. The van der Waals surface area contributed by atoms with Gasteiger partial charge in [-0.05, 0) is 58.2 Å². The number of aromatic nitrogens is 2. The van der Waals surface area contributed by atoms with Gasteiger partial charge in [-0.1, -0.05) is 18.2 Å². The fourth-order valence-electron chi connectivity index (χ4n) is 2.16. The SMILES string of the molecule is CCn1nc2cc(-c3cccc(F)c3)ccc2c1Br. The van der Waals surface area contributed by atoms with Gasteiger partial charge in [-0.15, -0.1) is 0 Å². The van der Waals surface area contributed by atoms with Gasteiger partial charge in [-0.2, -0.15) is 5.10 Å². The second-order valence-corrected chi connectivity index (χ2v) is 5.10. The molecule has 1 aromatic heterocycles. The molecule has 0 aliphatic rings. The Morgan fingerprint density at radius 2 is 1.95 bits per heavy atom. The number of benzene rings is 2. The highest BCUT2D eigenvalue weighted by molar-refractivity contribution is 9.10. The fourth-order valence-corrected chi connectivity index (χ4v) is 2.82. The zero-order valence-corrected chi connectivity index (χ0v) is 12.0. The zero-order chi connectivity index (χ0) is 13.4. The lowest BCUT2D eigenvalue weighted by Crippen LogP contribution is -1.95. The molecule has 2 nitrogen and oxygen atoms in total. The van der Waals surface area contributed by atoms with E-state index >= 15 is 0 Å². The summed E-state index contributed by atoms with van der Waals surface area (Å²) >= 11 is 3.54. The average molecular weight is 319 g/mol. The van der Waals surface area contributed by atoms with Crippen molar-refractivity contribution >= 4 is 26.8 Å². The van der Waals surface area contributed by atoms with Crippen LogP contribution < -0.4 is 0 Å². The molecule has 2 aromatic carbocycles. The van der Waals surface area contributed by atoms with Crippen LogP contribution in [0.3, 0.4) is 0 Å². The Morgan fingerprint density at radius 3 is 2.68 bits per heavy atom. The maximum Gasteiger partial charge on any atom is 0.123 e. The number of hydrogen-bond donors (Lipinski definition) is 0. The fraction of sp³-hybridized carbons (Fsp3) is 0.133. The molecule has 0 saturated carbocycles. The van der Waals surface area contributed by atoms with Crippen LogP contribution in [0.2, 0.25) is 0 Å². The van der Waals surface area contributed by atoms with Crippen molar-refractivity contribution in [3.05, 3.63) is 52.9 Å². The molecule has 0 radical (unpaired) electrons. The molecule has 0 fully saturated rings. The van der Waals surface area contributed by atoms with Crippen molar-refractivity contribution in [1.29, 1.82) is 0 Å².